The van der Waals surface area contributed by atoms with Crippen molar-refractivity contribution in [3.63, 3.8) is 0 Å². The van der Waals surface area contributed by atoms with Gasteiger partial charge in [0.05, 0.1) is 16.7 Å². The van der Waals surface area contributed by atoms with Crippen molar-refractivity contribution in [2.45, 2.75) is 19.4 Å². The topological polar surface area (TPSA) is 90.0 Å². The molecule has 166 valence electrons. The van der Waals surface area contributed by atoms with Crippen LogP contribution in [0.3, 0.4) is 0 Å². The van der Waals surface area contributed by atoms with Crippen LogP contribution in [0.2, 0.25) is 0 Å². The highest BCUT2D eigenvalue weighted by Gasteiger charge is 2.34. The highest BCUT2D eigenvalue weighted by molar-refractivity contribution is 6.21. The van der Waals surface area contributed by atoms with Gasteiger partial charge in [0.15, 0.2) is 0 Å². The van der Waals surface area contributed by atoms with E-state index in [4.69, 9.17) is 9.47 Å². The summed E-state index contributed by atoms with van der Waals surface area (Å²) >= 11 is 0. The monoisotopic (exact) mass is 443 g/mol. The Morgan fingerprint density at radius 2 is 1.36 bits per heavy atom. The van der Waals surface area contributed by atoms with Crippen molar-refractivity contribution in [2.75, 3.05) is 6.54 Å². The molecule has 3 aromatic rings. The Morgan fingerprint density at radius 1 is 0.758 bits per heavy atom. The summed E-state index contributed by atoms with van der Waals surface area (Å²) in [5.74, 6) is -1.37. The molecule has 1 heterocycles. The molecule has 0 radical (unpaired) electrons. The molecule has 0 atom stereocenters. The molecule has 0 fully saturated rings. The second-order valence-corrected chi connectivity index (χ2v) is 7.47. The standard InChI is InChI=1S/C26H21NO6/c28-23(11-6-16-27-24(29)21-9-4-5-10-22(21)25(27)30)33-20-14-12-19(13-15-20)26(31)32-17-18-7-2-1-3-8-18/h1-5,7-10,12-15H,6,11,16-17H2. The van der Waals surface area contributed by atoms with Gasteiger partial charge in [-0.15, -0.1) is 0 Å². The van der Waals surface area contributed by atoms with Crippen LogP contribution >= 0.6 is 0 Å². The predicted octanol–water partition coefficient (Wildman–Crippen LogP) is 4.03. The van der Waals surface area contributed by atoms with E-state index in [0.29, 0.717) is 22.4 Å². The SMILES string of the molecule is O=C(CCCN1C(=O)c2ccccc2C1=O)Oc1ccc(C(=O)OCc2ccccc2)cc1. The first-order valence-electron chi connectivity index (χ1n) is 10.5. The number of hydrogen-bond donors (Lipinski definition) is 0. The predicted molar refractivity (Wildman–Crippen MR) is 119 cm³/mol. The summed E-state index contributed by atoms with van der Waals surface area (Å²) in [6.07, 6.45) is 0.322. The molecule has 0 spiro atoms. The van der Waals surface area contributed by atoms with Crippen LogP contribution in [0.15, 0.2) is 78.9 Å². The van der Waals surface area contributed by atoms with Crippen LogP contribution in [0, 0.1) is 0 Å². The summed E-state index contributed by atoms with van der Waals surface area (Å²) < 4.78 is 10.6. The third-order valence-corrected chi connectivity index (χ3v) is 5.18. The number of fused-ring (bicyclic) bond motifs is 1. The number of carbonyl (C=O) groups is 4. The van der Waals surface area contributed by atoms with Gasteiger partial charge in [-0.1, -0.05) is 42.5 Å². The van der Waals surface area contributed by atoms with Gasteiger partial charge in [-0.3, -0.25) is 19.3 Å². The molecule has 33 heavy (non-hydrogen) atoms. The number of amides is 2. The van der Waals surface area contributed by atoms with E-state index >= 15 is 0 Å². The Bertz CT molecular complexity index is 1150. The van der Waals surface area contributed by atoms with Gasteiger partial charge >= 0.3 is 11.9 Å². The molecule has 0 unspecified atom stereocenters. The molecule has 4 rings (SSSR count). The van der Waals surface area contributed by atoms with E-state index in [9.17, 15) is 19.2 Å². The zero-order valence-electron chi connectivity index (χ0n) is 17.7. The largest absolute Gasteiger partial charge is 0.457 e. The molecule has 1 aliphatic rings. The van der Waals surface area contributed by atoms with Crippen molar-refractivity contribution in [1.82, 2.24) is 4.90 Å². The van der Waals surface area contributed by atoms with Crippen LogP contribution in [0.5, 0.6) is 5.75 Å². The minimum absolute atomic E-state index is 0.0360. The second-order valence-electron chi connectivity index (χ2n) is 7.47. The van der Waals surface area contributed by atoms with E-state index in [1.54, 1.807) is 24.3 Å². The third-order valence-electron chi connectivity index (χ3n) is 5.18. The molecule has 0 saturated heterocycles. The van der Waals surface area contributed by atoms with Gasteiger partial charge in [-0.05, 0) is 48.4 Å². The lowest BCUT2D eigenvalue weighted by Gasteiger charge is -2.13. The molecule has 1 aliphatic heterocycles. The van der Waals surface area contributed by atoms with Crippen molar-refractivity contribution in [1.29, 1.82) is 0 Å². The third kappa shape index (κ3) is 5.15. The maximum atomic E-state index is 12.3. The van der Waals surface area contributed by atoms with E-state index in [0.717, 1.165) is 10.5 Å². The average molecular weight is 443 g/mol. The van der Waals surface area contributed by atoms with Gasteiger partial charge in [0.25, 0.3) is 11.8 Å². The van der Waals surface area contributed by atoms with Crippen LogP contribution in [-0.4, -0.2) is 35.2 Å². The molecular formula is C26H21NO6. The first-order valence-corrected chi connectivity index (χ1v) is 10.5. The molecule has 0 bridgehead atoms. The highest BCUT2D eigenvalue weighted by Crippen LogP contribution is 2.23. The Morgan fingerprint density at radius 3 is 2.00 bits per heavy atom. The zero-order chi connectivity index (χ0) is 23.2. The van der Waals surface area contributed by atoms with Gasteiger partial charge in [-0.25, -0.2) is 4.79 Å². The number of nitrogens with zero attached hydrogens (tertiary/aromatic N) is 1. The minimum atomic E-state index is -0.494. The Hall–Kier alpha value is -4.26. The van der Waals surface area contributed by atoms with Crippen LogP contribution in [-0.2, 0) is 16.1 Å². The van der Waals surface area contributed by atoms with E-state index in [-0.39, 0.29) is 37.8 Å². The van der Waals surface area contributed by atoms with Crippen molar-refractivity contribution in [2.24, 2.45) is 0 Å². The summed E-state index contributed by atoms with van der Waals surface area (Å²) in [4.78, 5) is 50.1. The summed E-state index contributed by atoms with van der Waals surface area (Å²) in [7, 11) is 0. The maximum absolute atomic E-state index is 12.3. The zero-order valence-corrected chi connectivity index (χ0v) is 17.7. The lowest BCUT2D eigenvalue weighted by Crippen LogP contribution is -2.31. The minimum Gasteiger partial charge on any atom is -0.457 e. The molecule has 7 nitrogen and oxygen atoms in total. The summed E-state index contributed by atoms with van der Waals surface area (Å²) in [5, 5.41) is 0. The first-order chi connectivity index (χ1) is 16.0. The molecule has 0 N–H and O–H groups in total. The Kier molecular flexibility index (Phi) is 6.59. The van der Waals surface area contributed by atoms with E-state index in [1.807, 2.05) is 30.3 Å². The number of carbonyl (C=O) groups excluding carboxylic acids is 4. The number of ether oxygens (including phenoxy) is 2. The van der Waals surface area contributed by atoms with Gasteiger partial charge in [0.1, 0.15) is 12.4 Å². The smallest absolute Gasteiger partial charge is 0.338 e. The van der Waals surface area contributed by atoms with E-state index in [2.05, 4.69) is 0 Å². The first kappa shape index (κ1) is 22.0. The van der Waals surface area contributed by atoms with Crippen molar-refractivity contribution >= 4 is 23.8 Å². The van der Waals surface area contributed by atoms with Gasteiger partial charge in [0.2, 0.25) is 0 Å². The summed E-state index contributed by atoms with van der Waals surface area (Å²) in [5.41, 5.74) is 1.99. The number of benzene rings is 3. The lowest BCUT2D eigenvalue weighted by atomic mass is 10.1. The molecule has 3 aromatic carbocycles. The molecule has 7 heteroatoms. The normalized spacial score (nSPS) is 12.4. The Balaban J connectivity index is 1.23. The van der Waals surface area contributed by atoms with Crippen molar-refractivity contribution < 1.29 is 28.7 Å². The van der Waals surface area contributed by atoms with Gasteiger partial charge in [0, 0.05) is 13.0 Å². The number of imide groups is 1. The number of esters is 2. The van der Waals surface area contributed by atoms with E-state index in [1.165, 1.54) is 24.3 Å². The van der Waals surface area contributed by atoms with Crippen LogP contribution in [0.4, 0.5) is 0 Å². The van der Waals surface area contributed by atoms with Gasteiger partial charge < -0.3 is 9.47 Å². The maximum Gasteiger partial charge on any atom is 0.338 e. The summed E-state index contributed by atoms with van der Waals surface area (Å²) in [6, 6.07) is 22.1. The fraction of sp³-hybridized carbons (Fsp3) is 0.154. The average Bonchev–Trinajstić information content (AvgIpc) is 3.08. The van der Waals surface area contributed by atoms with Crippen LogP contribution in [0.25, 0.3) is 0 Å². The lowest BCUT2D eigenvalue weighted by molar-refractivity contribution is -0.134. The van der Waals surface area contributed by atoms with Crippen molar-refractivity contribution in [3.05, 3.63) is 101 Å². The number of hydrogen-bond acceptors (Lipinski definition) is 6. The summed E-state index contributed by atoms with van der Waals surface area (Å²) in [6.45, 7) is 0.303. The highest BCUT2D eigenvalue weighted by atomic mass is 16.5. The number of rotatable bonds is 8. The fourth-order valence-electron chi connectivity index (χ4n) is 3.47. The van der Waals surface area contributed by atoms with Gasteiger partial charge in [-0.2, -0.15) is 0 Å². The van der Waals surface area contributed by atoms with Crippen LogP contribution < -0.4 is 4.74 Å². The fourth-order valence-corrected chi connectivity index (χ4v) is 3.47. The molecule has 0 aliphatic carbocycles. The van der Waals surface area contributed by atoms with Crippen LogP contribution in [0.1, 0.15) is 49.5 Å². The van der Waals surface area contributed by atoms with Crippen molar-refractivity contribution in [3.8, 4) is 5.75 Å². The van der Waals surface area contributed by atoms with E-state index < -0.39 is 11.9 Å². The molecule has 0 saturated carbocycles. The molecule has 2 amide bonds. The molecule has 0 aromatic heterocycles. The second kappa shape index (κ2) is 9.91. The molecular weight excluding hydrogens is 422 g/mol. The Labute approximate surface area is 190 Å². The quantitative estimate of drug-likeness (QED) is 0.297.